The molecule has 3 rings (SSSR count). The van der Waals surface area contributed by atoms with Crippen LogP contribution in [0.2, 0.25) is 5.02 Å². The molecular weight excluding hydrogens is 428 g/mol. The fraction of sp³-hybridized carbons (Fsp3) is 0.412. The lowest BCUT2D eigenvalue weighted by atomic mass is 10.1. The summed E-state index contributed by atoms with van der Waals surface area (Å²) in [7, 11) is 0. The molecule has 5 nitrogen and oxygen atoms in total. The Morgan fingerprint density at radius 2 is 2.07 bits per heavy atom. The molecule has 1 aromatic heterocycles. The molecular formula is C17H14ClF6N3O2. The average molecular weight is 442 g/mol. The van der Waals surface area contributed by atoms with Crippen molar-refractivity contribution in [1.29, 1.82) is 0 Å². The quantitative estimate of drug-likeness (QED) is 0.690. The van der Waals surface area contributed by atoms with Crippen LogP contribution in [0.5, 0.6) is 5.75 Å². The van der Waals surface area contributed by atoms with Gasteiger partial charge in [-0.25, -0.2) is 9.37 Å². The van der Waals surface area contributed by atoms with E-state index in [1.54, 1.807) is 0 Å². The van der Waals surface area contributed by atoms with E-state index in [9.17, 15) is 31.1 Å². The number of fused-ring (bicyclic) bond motifs is 1. The van der Waals surface area contributed by atoms with Crippen LogP contribution in [0.4, 0.5) is 26.3 Å². The van der Waals surface area contributed by atoms with Gasteiger partial charge in [0.15, 0.2) is 0 Å². The number of amides is 1. The molecule has 1 aliphatic rings. The Kier molecular flexibility index (Phi) is 6.08. The van der Waals surface area contributed by atoms with Crippen LogP contribution in [0.25, 0.3) is 10.9 Å². The molecule has 1 fully saturated rings. The fourth-order valence-corrected chi connectivity index (χ4v) is 3.24. The second-order valence-corrected chi connectivity index (χ2v) is 6.79. The van der Waals surface area contributed by atoms with Crippen LogP contribution in [-0.4, -0.2) is 42.8 Å². The minimum absolute atomic E-state index is 0.0455. The number of halogens is 7. The van der Waals surface area contributed by atoms with Crippen molar-refractivity contribution in [1.82, 2.24) is 15.6 Å². The molecule has 2 aromatic rings. The first-order valence-electron chi connectivity index (χ1n) is 8.36. The van der Waals surface area contributed by atoms with Crippen LogP contribution < -0.4 is 15.4 Å². The zero-order chi connectivity index (χ0) is 21.3. The Bertz CT molecular complexity index is 924. The first kappa shape index (κ1) is 21.4. The maximum atomic E-state index is 13.4. The molecule has 0 bridgehead atoms. The number of rotatable bonds is 5. The monoisotopic (exact) mass is 441 g/mol. The summed E-state index contributed by atoms with van der Waals surface area (Å²) in [6.45, 7) is -3.14. The third kappa shape index (κ3) is 5.02. The van der Waals surface area contributed by atoms with Gasteiger partial charge in [-0.3, -0.25) is 4.79 Å². The molecule has 2 heterocycles. The normalized spacial score (nSPS) is 19.7. The summed E-state index contributed by atoms with van der Waals surface area (Å²) in [6, 6.07) is 1.96. The summed E-state index contributed by atoms with van der Waals surface area (Å²) in [6.07, 6.45) is -5.81. The van der Waals surface area contributed by atoms with Gasteiger partial charge in [0.25, 0.3) is 5.91 Å². The summed E-state index contributed by atoms with van der Waals surface area (Å²) >= 11 is 5.99. The molecule has 1 saturated heterocycles. The highest BCUT2D eigenvalue weighted by molar-refractivity contribution is 6.35. The van der Waals surface area contributed by atoms with E-state index < -0.39 is 47.4 Å². The van der Waals surface area contributed by atoms with Gasteiger partial charge in [-0.15, -0.1) is 0 Å². The van der Waals surface area contributed by atoms with E-state index in [4.69, 9.17) is 11.6 Å². The number of hydrogen-bond acceptors (Lipinski definition) is 4. The van der Waals surface area contributed by atoms with E-state index in [-0.39, 0.29) is 36.0 Å². The van der Waals surface area contributed by atoms with Gasteiger partial charge in [0.2, 0.25) is 0 Å². The van der Waals surface area contributed by atoms with Crippen LogP contribution in [0, 0.1) is 0 Å². The number of aromatic nitrogens is 1. The maximum absolute atomic E-state index is 13.4. The minimum atomic E-state index is -4.96. The highest BCUT2D eigenvalue weighted by Gasteiger charge is 2.35. The van der Waals surface area contributed by atoms with Crippen molar-refractivity contribution in [2.75, 3.05) is 13.1 Å². The SMILES string of the molecule is O=C(NC[C@@H]1C[C@@H](F)CN1)c1cc(Cl)c2cc(OC(F)F)cc(C(F)(F)F)c2n1. The van der Waals surface area contributed by atoms with Gasteiger partial charge in [0.1, 0.15) is 17.6 Å². The second-order valence-electron chi connectivity index (χ2n) is 6.38. The smallest absolute Gasteiger partial charge is 0.418 e. The van der Waals surface area contributed by atoms with Gasteiger partial charge in [0, 0.05) is 24.5 Å². The Hall–Kier alpha value is -2.27. The summed E-state index contributed by atoms with van der Waals surface area (Å²) < 4.78 is 82.3. The van der Waals surface area contributed by atoms with Gasteiger partial charge in [-0.1, -0.05) is 11.6 Å². The number of nitrogens with one attached hydrogen (secondary N) is 2. The zero-order valence-corrected chi connectivity index (χ0v) is 15.3. The fourth-order valence-electron chi connectivity index (χ4n) is 3.00. The first-order valence-corrected chi connectivity index (χ1v) is 8.74. The van der Waals surface area contributed by atoms with Crippen LogP contribution in [0.1, 0.15) is 22.5 Å². The van der Waals surface area contributed by atoms with Crippen molar-refractivity contribution in [3.63, 3.8) is 0 Å². The highest BCUT2D eigenvalue weighted by atomic mass is 35.5. The topological polar surface area (TPSA) is 63.2 Å². The van der Waals surface area contributed by atoms with Crippen molar-refractivity contribution in [2.45, 2.75) is 31.4 Å². The van der Waals surface area contributed by atoms with Gasteiger partial charge < -0.3 is 15.4 Å². The lowest BCUT2D eigenvalue weighted by molar-refractivity contribution is -0.136. The van der Waals surface area contributed by atoms with Crippen molar-refractivity contribution < 1.29 is 35.9 Å². The third-order valence-electron chi connectivity index (χ3n) is 4.28. The average Bonchev–Trinajstić information content (AvgIpc) is 3.03. The van der Waals surface area contributed by atoms with Crippen LogP contribution in [-0.2, 0) is 6.18 Å². The highest BCUT2D eigenvalue weighted by Crippen LogP contribution is 2.39. The number of nitrogens with zero attached hydrogens (tertiary/aromatic N) is 1. The molecule has 29 heavy (non-hydrogen) atoms. The van der Waals surface area contributed by atoms with Crippen LogP contribution in [0.3, 0.4) is 0 Å². The number of pyridine rings is 1. The predicted octanol–water partition coefficient (Wildman–Crippen LogP) is 3.94. The number of benzene rings is 1. The molecule has 2 N–H and O–H groups in total. The molecule has 0 radical (unpaired) electrons. The second kappa shape index (κ2) is 8.23. The van der Waals surface area contributed by atoms with Crippen molar-refractivity contribution >= 4 is 28.4 Å². The Morgan fingerprint density at radius 3 is 2.66 bits per heavy atom. The lowest BCUT2D eigenvalue weighted by Crippen LogP contribution is -2.37. The Labute approximate surface area is 165 Å². The van der Waals surface area contributed by atoms with Crippen molar-refractivity contribution in [2.24, 2.45) is 0 Å². The summed E-state index contributed by atoms with van der Waals surface area (Å²) in [4.78, 5) is 16.0. The van der Waals surface area contributed by atoms with E-state index in [1.165, 1.54) is 0 Å². The number of alkyl halides is 6. The summed E-state index contributed by atoms with van der Waals surface area (Å²) in [5, 5.41) is 4.70. The van der Waals surface area contributed by atoms with Crippen LogP contribution >= 0.6 is 11.6 Å². The Balaban J connectivity index is 1.95. The van der Waals surface area contributed by atoms with E-state index in [0.717, 1.165) is 12.1 Å². The van der Waals surface area contributed by atoms with Gasteiger partial charge in [-0.05, 0) is 24.6 Å². The number of hydrogen-bond donors (Lipinski definition) is 2. The molecule has 0 aliphatic carbocycles. The minimum Gasteiger partial charge on any atom is -0.435 e. The molecule has 158 valence electrons. The van der Waals surface area contributed by atoms with Gasteiger partial charge in [0.05, 0.1) is 16.1 Å². The van der Waals surface area contributed by atoms with Crippen molar-refractivity contribution in [3.8, 4) is 5.75 Å². The largest absolute Gasteiger partial charge is 0.435 e. The standard InChI is InChI=1S/C17H14ClF6N3O2/c18-12-4-13(15(28)26-6-8-1-7(19)5-25-8)27-14-10(12)2-9(29-16(20)21)3-11(14)17(22,23)24/h2-4,7-8,16,25H,1,5-6H2,(H,26,28)/t7-,8+/m1/s1. The molecule has 0 spiro atoms. The molecule has 0 unspecified atom stereocenters. The molecule has 1 aromatic carbocycles. The molecule has 1 aliphatic heterocycles. The molecule has 2 atom stereocenters. The number of ether oxygens (including phenoxy) is 1. The van der Waals surface area contributed by atoms with E-state index in [0.29, 0.717) is 6.07 Å². The molecule has 1 amide bonds. The molecule has 0 saturated carbocycles. The zero-order valence-electron chi connectivity index (χ0n) is 14.5. The predicted molar refractivity (Wildman–Crippen MR) is 92.0 cm³/mol. The van der Waals surface area contributed by atoms with Crippen LogP contribution in [0.15, 0.2) is 18.2 Å². The third-order valence-corrected chi connectivity index (χ3v) is 4.59. The first-order chi connectivity index (χ1) is 13.5. The van der Waals surface area contributed by atoms with E-state index >= 15 is 0 Å². The van der Waals surface area contributed by atoms with E-state index in [1.807, 2.05) is 0 Å². The number of carbonyl (C=O) groups excluding carboxylic acids is 1. The maximum Gasteiger partial charge on any atom is 0.418 e. The van der Waals surface area contributed by atoms with Gasteiger partial charge in [-0.2, -0.15) is 22.0 Å². The van der Waals surface area contributed by atoms with Crippen molar-refractivity contribution in [3.05, 3.63) is 34.5 Å². The lowest BCUT2D eigenvalue weighted by Gasteiger charge is -2.15. The van der Waals surface area contributed by atoms with E-state index in [2.05, 4.69) is 20.4 Å². The Morgan fingerprint density at radius 1 is 1.34 bits per heavy atom. The summed E-state index contributed by atoms with van der Waals surface area (Å²) in [5.74, 6) is -1.55. The summed E-state index contributed by atoms with van der Waals surface area (Å²) in [5.41, 5.74) is -2.45. The van der Waals surface area contributed by atoms with Gasteiger partial charge >= 0.3 is 12.8 Å². The molecule has 12 heteroatoms. The number of carbonyl (C=O) groups is 1.